The maximum absolute atomic E-state index is 13.0. The highest BCUT2D eigenvalue weighted by atomic mass is 16.2. The maximum atomic E-state index is 13.0. The van der Waals surface area contributed by atoms with Gasteiger partial charge in [0, 0.05) is 20.6 Å². The molecular weight excluding hydrogens is 344 g/mol. The standard InChI is InChI=1S/C19H22N6O2/c1-5-13-14(12-10-8-7-9-11-12)21-24(6-2)18-20-16-15(25(13)18)17(26)23(4)19(27)22(16)3/h7-11,13H,5-6H2,1-4H3/t13-/m1/s1. The Labute approximate surface area is 156 Å². The Morgan fingerprint density at radius 3 is 2.37 bits per heavy atom. The quantitative estimate of drug-likeness (QED) is 0.706. The van der Waals surface area contributed by atoms with E-state index in [4.69, 9.17) is 5.10 Å². The molecule has 3 aromatic rings. The van der Waals surface area contributed by atoms with Crippen LogP contribution in [0.5, 0.6) is 0 Å². The third-order valence-electron chi connectivity index (χ3n) is 5.12. The van der Waals surface area contributed by atoms with Gasteiger partial charge < -0.3 is 0 Å². The monoisotopic (exact) mass is 366 g/mol. The number of nitrogens with zero attached hydrogens (tertiary/aromatic N) is 6. The average molecular weight is 366 g/mol. The lowest BCUT2D eigenvalue weighted by molar-refractivity contribution is 0.590. The fraction of sp³-hybridized carbons (Fsp3) is 0.368. The maximum Gasteiger partial charge on any atom is 0.332 e. The van der Waals surface area contributed by atoms with Gasteiger partial charge >= 0.3 is 5.69 Å². The molecule has 0 unspecified atom stereocenters. The van der Waals surface area contributed by atoms with Gasteiger partial charge in [0.25, 0.3) is 5.56 Å². The summed E-state index contributed by atoms with van der Waals surface area (Å²) < 4.78 is 4.50. The van der Waals surface area contributed by atoms with Crippen LogP contribution in [0, 0.1) is 0 Å². The van der Waals surface area contributed by atoms with E-state index in [1.807, 2.05) is 41.8 Å². The van der Waals surface area contributed by atoms with Crippen LogP contribution in [0.25, 0.3) is 11.2 Å². The lowest BCUT2D eigenvalue weighted by atomic mass is 10.0. The van der Waals surface area contributed by atoms with Gasteiger partial charge in [0.05, 0.1) is 11.8 Å². The SMILES string of the molecule is CC[C@@H]1C(c2ccccc2)=NN(CC)c2nc3c(c(=O)n(C)c(=O)n3C)n21. The Hall–Kier alpha value is -3.16. The molecule has 0 spiro atoms. The number of benzene rings is 1. The molecule has 8 heteroatoms. The Morgan fingerprint density at radius 2 is 1.74 bits per heavy atom. The second-order valence-electron chi connectivity index (χ2n) is 6.65. The van der Waals surface area contributed by atoms with Crippen molar-refractivity contribution in [2.45, 2.75) is 26.3 Å². The first kappa shape index (κ1) is 17.3. The number of anilines is 1. The summed E-state index contributed by atoms with van der Waals surface area (Å²) in [4.78, 5) is 29.9. The van der Waals surface area contributed by atoms with Gasteiger partial charge in [0.1, 0.15) is 0 Å². The molecule has 0 fully saturated rings. The summed E-state index contributed by atoms with van der Waals surface area (Å²) in [6, 6.07) is 9.83. The fourth-order valence-electron chi connectivity index (χ4n) is 3.69. The number of aromatic nitrogens is 4. The Kier molecular flexibility index (Phi) is 3.98. The zero-order chi connectivity index (χ0) is 19.3. The van der Waals surface area contributed by atoms with Crippen LogP contribution in [0.3, 0.4) is 0 Å². The molecule has 1 aliphatic heterocycles. The highest BCUT2D eigenvalue weighted by molar-refractivity contribution is 6.05. The highest BCUT2D eigenvalue weighted by Crippen LogP contribution is 2.33. The van der Waals surface area contributed by atoms with E-state index in [1.54, 1.807) is 12.1 Å². The summed E-state index contributed by atoms with van der Waals surface area (Å²) in [6.45, 7) is 4.65. The molecule has 0 saturated heterocycles. The van der Waals surface area contributed by atoms with Crippen molar-refractivity contribution in [3.63, 3.8) is 0 Å². The summed E-state index contributed by atoms with van der Waals surface area (Å²) in [5, 5.41) is 6.62. The minimum atomic E-state index is -0.386. The van der Waals surface area contributed by atoms with Gasteiger partial charge in [-0.25, -0.2) is 9.80 Å². The molecule has 1 aliphatic rings. The third-order valence-corrected chi connectivity index (χ3v) is 5.12. The van der Waals surface area contributed by atoms with Crippen molar-refractivity contribution in [3.05, 3.63) is 56.7 Å². The van der Waals surface area contributed by atoms with Gasteiger partial charge in [-0.05, 0) is 18.9 Å². The smallest absolute Gasteiger partial charge is 0.293 e. The van der Waals surface area contributed by atoms with Crippen molar-refractivity contribution in [1.82, 2.24) is 18.7 Å². The van der Waals surface area contributed by atoms with Crippen LogP contribution >= 0.6 is 0 Å². The minimum absolute atomic E-state index is 0.139. The number of hydrazone groups is 1. The number of imidazole rings is 1. The number of rotatable bonds is 3. The van der Waals surface area contributed by atoms with Gasteiger partial charge in [0.15, 0.2) is 11.2 Å². The van der Waals surface area contributed by atoms with Gasteiger partial charge in [-0.15, -0.1) is 0 Å². The molecule has 27 heavy (non-hydrogen) atoms. The first-order chi connectivity index (χ1) is 13.0. The van der Waals surface area contributed by atoms with Crippen molar-refractivity contribution in [2.24, 2.45) is 19.2 Å². The first-order valence-electron chi connectivity index (χ1n) is 9.08. The van der Waals surface area contributed by atoms with Gasteiger partial charge in [-0.2, -0.15) is 10.1 Å². The molecule has 0 N–H and O–H groups in total. The second-order valence-corrected chi connectivity index (χ2v) is 6.65. The zero-order valence-electron chi connectivity index (χ0n) is 15.9. The van der Waals surface area contributed by atoms with Crippen molar-refractivity contribution >= 4 is 22.8 Å². The summed E-state index contributed by atoms with van der Waals surface area (Å²) in [5.41, 5.74) is 2.00. The molecule has 0 amide bonds. The van der Waals surface area contributed by atoms with E-state index in [2.05, 4.69) is 11.9 Å². The third kappa shape index (κ3) is 2.36. The van der Waals surface area contributed by atoms with Gasteiger partial charge in [-0.3, -0.25) is 18.5 Å². The summed E-state index contributed by atoms with van der Waals surface area (Å²) in [5.74, 6) is 0.595. The van der Waals surface area contributed by atoms with Crippen molar-refractivity contribution in [3.8, 4) is 0 Å². The molecule has 8 nitrogen and oxygen atoms in total. The molecule has 1 aromatic carbocycles. The van der Waals surface area contributed by atoms with Crippen LogP contribution in [0.15, 0.2) is 45.0 Å². The summed E-state index contributed by atoms with van der Waals surface area (Å²) >= 11 is 0. The van der Waals surface area contributed by atoms with E-state index in [1.165, 1.54) is 11.6 Å². The van der Waals surface area contributed by atoms with E-state index in [-0.39, 0.29) is 17.3 Å². The predicted molar refractivity (Wildman–Crippen MR) is 106 cm³/mol. The van der Waals surface area contributed by atoms with Crippen LogP contribution < -0.4 is 16.3 Å². The van der Waals surface area contributed by atoms with Crippen molar-refractivity contribution in [1.29, 1.82) is 0 Å². The van der Waals surface area contributed by atoms with E-state index >= 15 is 0 Å². The lowest BCUT2D eigenvalue weighted by Gasteiger charge is -2.31. The van der Waals surface area contributed by atoms with Crippen molar-refractivity contribution < 1.29 is 0 Å². The number of aryl methyl sites for hydroxylation is 1. The molecule has 0 saturated carbocycles. The van der Waals surface area contributed by atoms with Gasteiger partial charge in [0.2, 0.25) is 5.95 Å². The van der Waals surface area contributed by atoms with E-state index in [9.17, 15) is 9.59 Å². The Morgan fingerprint density at radius 1 is 1.04 bits per heavy atom. The van der Waals surface area contributed by atoms with Gasteiger partial charge in [-0.1, -0.05) is 37.3 Å². The average Bonchev–Trinajstić information content (AvgIpc) is 3.10. The Balaban J connectivity index is 2.09. The van der Waals surface area contributed by atoms with Crippen molar-refractivity contribution in [2.75, 3.05) is 11.6 Å². The van der Waals surface area contributed by atoms with Crippen LogP contribution in [-0.4, -0.2) is 30.9 Å². The second kappa shape index (κ2) is 6.22. The lowest BCUT2D eigenvalue weighted by Crippen LogP contribution is -2.39. The van der Waals surface area contributed by atoms with Crippen LogP contribution in [0.4, 0.5) is 5.95 Å². The first-order valence-corrected chi connectivity index (χ1v) is 9.08. The summed E-state index contributed by atoms with van der Waals surface area (Å²) in [6.07, 6.45) is 0.746. The minimum Gasteiger partial charge on any atom is -0.293 e. The molecule has 1 atom stereocenters. The fourth-order valence-corrected chi connectivity index (χ4v) is 3.69. The van der Waals surface area contributed by atoms with E-state index < -0.39 is 0 Å². The largest absolute Gasteiger partial charge is 0.332 e. The normalized spacial score (nSPS) is 16.5. The van der Waals surface area contributed by atoms with Crippen LogP contribution in [-0.2, 0) is 14.1 Å². The molecule has 0 aliphatic carbocycles. The molecule has 0 radical (unpaired) electrons. The molecule has 4 rings (SSSR count). The molecule has 0 bridgehead atoms. The number of fused-ring (bicyclic) bond motifs is 3. The molecule has 3 heterocycles. The van der Waals surface area contributed by atoms with E-state index in [0.717, 1.165) is 22.3 Å². The topological polar surface area (TPSA) is 77.4 Å². The van der Waals surface area contributed by atoms with E-state index in [0.29, 0.717) is 23.7 Å². The summed E-state index contributed by atoms with van der Waals surface area (Å²) in [7, 11) is 3.14. The molecule has 2 aromatic heterocycles. The number of hydrogen-bond donors (Lipinski definition) is 0. The molecule has 140 valence electrons. The van der Waals surface area contributed by atoms with Crippen LogP contribution in [0.2, 0.25) is 0 Å². The highest BCUT2D eigenvalue weighted by Gasteiger charge is 2.33. The number of hydrogen-bond acceptors (Lipinski definition) is 5. The Bertz CT molecular complexity index is 1170. The molecular formula is C19H22N6O2. The zero-order valence-corrected chi connectivity index (χ0v) is 15.9. The van der Waals surface area contributed by atoms with Crippen LogP contribution in [0.1, 0.15) is 31.9 Å². The predicted octanol–water partition coefficient (Wildman–Crippen LogP) is 1.63.